The maximum Gasteiger partial charge on any atom is 0.240 e. The molecule has 2 N–H and O–H groups in total. The maximum atomic E-state index is 11.8. The Labute approximate surface area is 94.6 Å². The van der Waals surface area contributed by atoms with Crippen molar-refractivity contribution in [2.75, 3.05) is 6.54 Å². The van der Waals surface area contributed by atoms with Gasteiger partial charge in [-0.1, -0.05) is 5.16 Å². The lowest BCUT2D eigenvalue weighted by Crippen LogP contribution is -2.35. The van der Waals surface area contributed by atoms with Crippen LogP contribution in [0.4, 0.5) is 0 Å². The largest absolute Gasteiger partial charge is 0.361 e. The number of amides is 1. The molecule has 0 spiro atoms. The van der Waals surface area contributed by atoms with Gasteiger partial charge in [0.15, 0.2) is 0 Å². The molecule has 88 valence electrons. The van der Waals surface area contributed by atoms with Crippen LogP contribution in [0.2, 0.25) is 0 Å². The molecule has 0 radical (unpaired) electrons. The van der Waals surface area contributed by atoms with Crippen molar-refractivity contribution < 1.29 is 9.32 Å². The molecule has 1 aliphatic rings. The number of hydrogen-bond donors (Lipinski definition) is 1. The van der Waals surface area contributed by atoms with Gasteiger partial charge in [0.2, 0.25) is 5.91 Å². The molecular formula is C11H17N3O2. The van der Waals surface area contributed by atoms with Crippen LogP contribution in [0.3, 0.4) is 0 Å². The fourth-order valence-electron chi connectivity index (χ4n) is 2.35. The monoisotopic (exact) mass is 223 g/mol. The zero-order valence-corrected chi connectivity index (χ0v) is 9.86. The van der Waals surface area contributed by atoms with E-state index in [0.29, 0.717) is 6.54 Å². The van der Waals surface area contributed by atoms with Gasteiger partial charge in [-0.25, -0.2) is 0 Å². The van der Waals surface area contributed by atoms with Crippen LogP contribution in [-0.4, -0.2) is 28.6 Å². The summed E-state index contributed by atoms with van der Waals surface area (Å²) in [6.45, 7) is 6.46. The Morgan fingerprint density at radius 3 is 2.69 bits per heavy atom. The van der Waals surface area contributed by atoms with Crippen molar-refractivity contribution in [3.8, 4) is 0 Å². The van der Waals surface area contributed by atoms with Crippen LogP contribution in [0.5, 0.6) is 0 Å². The van der Waals surface area contributed by atoms with Crippen LogP contribution in [0, 0.1) is 13.8 Å². The topological polar surface area (TPSA) is 72.4 Å². The van der Waals surface area contributed by atoms with Gasteiger partial charge < -0.3 is 15.2 Å². The smallest absolute Gasteiger partial charge is 0.240 e. The minimum atomic E-state index is -0.345. The third kappa shape index (κ3) is 1.61. The first-order valence-electron chi connectivity index (χ1n) is 5.51. The number of aryl methyl sites for hydroxylation is 2. The van der Waals surface area contributed by atoms with E-state index in [1.807, 2.05) is 20.8 Å². The molecule has 2 atom stereocenters. The molecule has 0 saturated carbocycles. The van der Waals surface area contributed by atoms with Crippen molar-refractivity contribution in [1.29, 1.82) is 0 Å². The molecule has 0 aliphatic carbocycles. The number of nitrogens with zero attached hydrogens (tertiary/aromatic N) is 2. The minimum Gasteiger partial charge on any atom is -0.361 e. The third-order valence-corrected chi connectivity index (χ3v) is 3.26. The van der Waals surface area contributed by atoms with E-state index >= 15 is 0 Å². The third-order valence-electron chi connectivity index (χ3n) is 3.26. The number of carbonyl (C=O) groups excluding carboxylic acids is 1. The van der Waals surface area contributed by atoms with Crippen molar-refractivity contribution in [2.45, 2.75) is 39.3 Å². The van der Waals surface area contributed by atoms with E-state index < -0.39 is 0 Å². The second-order valence-corrected chi connectivity index (χ2v) is 4.34. The van der Waals surface area contributed by atoms with E-state index in [1.165, 1.54) is 0 Å². The number of aromatic nitrogens is 1. The summed E-state index contributed by atoms with van der Waals surface area (Å²) in [7, 11) is 0. The zero-order chi connectivity index (χ0) is 11.9. The lowest BCUT2D eigenvalue weighted by atomic mass is 10.1. The highest BCUT2D eigenvalue weighted by molar-refractivity contribution is 5.84. The molecule has 2 rings (SSSR count). The van der Waals surface area contributed by atoms with Gasteiger partial charge in [-0.2, -0.15) is 0 Å². The van der Waals surface area contributed by atoms with Crippen LogP contribution in [0.1, 0.15) is 36.4 Å². The molecule has 16 heavy (non-hydrogen) atoms. The molecule has 1 fully saturated rings. The molecule has 1 aromatic rings. The molecule has 1 saturated heterocycles. The van der Waals surface area contributed by atoms with Gasteiger partial charge >= 0.3 is 0 Å². The number of likely N-dealkylation sites (tertiary alicyclic amines) is 1. The molecule has 1 amide bonds. The Kier molecular flexibility index (Phi) is 2.71. The van der Waals surface area contributed by atoms with Crippen molar-refractivity contribution in [2.24, 2.45) is 5.73 Å². The van der Waals surface area contributed by atoms with E-state index in [0.717, 1.165) is 23.4 Å². The highest BCUT2D eigenvalue weighted by atomic mass is 16.5. The second-order valence-electron chi connectivity index (χ2n) is 4.34. The van der Waals surface area contributed by atoms with E-state index in [4.69, 9.17) is 10.3 Å². The van der Waals surface area contributed by atoms with Crippen LogP contribution >= 0.6 is 0 Å². The van der Waals surface area contributed by atoms with Crippen LogP contribution < -0.4 is 5.73 Å². The van der Waals surface area contributed by atoms with Crippen molar-refractivity contribution >= 4 is 5.91 Å². The molecule has 2 unspecified atom stereocenters. The first kappa shape index (κ1) is 11.1. The molecule has 5 nitrogen and oxygen atoms in total. The average Bonchev–Trinajstić information content (AvgIpc) is 2.73. The van der Waals surface area contributed by atoms with Crippen molar-refractivity contribution in [3.63, 3.8) is 0 Å². The number of hydrogen-bond acceptors (Lipinski definition) is 4. The zero-order valence-electron chi connectivity index (χ0n) is 9.86. The molecule has 0 bridgehead atoms. The highest BCUT2D eigenvalue weighted by Crippen LogP contribution is 2.29. The summed E-state index contributed by atoms with van der Waals surface area (Å²) in [6.07, 6.45) is 0.729. The second kappa shape index (κ2) is 3.90. The van der Waals surface area contributed by atoms with Gasteiger partial charge in [0.25, 0.3) is 0 Å². The number of rotatable bonds is 2. The number of carbonyl (C=O) groups is 1. The fourth-order valence-corrected chi connectivity index (χ4v) is 2.35. The quantitative estimate of drug-likeness (QED) is 0.809. The van der Waals surface area contributed by atoms with Gasteiger partial charge in [0.1, 0.15) is 5.76 Å². The van der Waals surface area contributed by atoms with E-state index in [9.17, 15) is 4.79 Å². The van der Waals surface area contributed by atoms with Gasteiger partial charge in [-0.05, 0) is 27.2 Å². The Morgan fingerprint density at radius 1 is 1.56 bits per heavy atom. The predicted molar refractivity (Wildman–Crippen MR) is 58.7 cm³/mol. The lowest BCUT2D eigenvalue weighted by molar-refractivity contribution is -0.130. The Balaban J connectivity index is 2.26. The molecule has 1 aliphatic heterocycles. The molecule has 2 heterocycles. The Morgan fingerprint density at radius 2 is 2.25 bits per heavy atom. The normalized spacial score (nSPS) is 22.9. The van der Waals surface area contributed by atoms with E-state index in [2.05, 4.69) is 5.16 Å². The summed E-state index contributed by atoms with van der Waals surface area (Å²) in [5.41, 5.74) is 7.55. The molecule has 0 aromatic carbocycles. The number of nitrogens with two attached hydrogens (primary N) is 1. The first-order valence-corrected chi connectivity index (χ1v) is 5.51. The first-order chi connectivity index (χ1) is 7.52. The summed E-state index contributed by atoms with van der Waals surface area (Å²) in [4.78, 5) is 13.6. The minimum absolute atomic E-state index is 0.00713. The van der Waals surface area contributed by atoms with Gasteiger partial charge in [-0.15, -0.1) is 0 Å². The van der Waals surface area contributed by atoms with Gasteiger partial charge in [0.05, 0.1) is 17.8 Å². The van der Waals surface area contributed by atoms with Crippen LogP contribution in [0.15, 0.2) is 4.52 Å². The van der Waals surface area contributed by atoms with Crippen LogP contribution in [0.25, 0.3) is 0 Å². The summed E-state index contributed by atoms with van der Waals surface area (Å²) in [6, 6.07) is -0.352. The van der Waals surface area contributed by atoms with E-state index in [-0.39, 0.29) is 18.0 Å². The van der Waals surface area contributed by atoms with E-state index in [1.54, 1.807) is 4.90 Å². The SMILES string of the molecule is Cc1noc(C)c1C(C)N1CCC(N)C1=O. The lowest BCUT2D eigenvalue weighted by Gasteiger charge is -2.24. The van der Waals surface area contributed by atoms with Gasteiger partial charge in [-0.3, -0.25) is 4.79 Å². The summed E-state index contributed by atoms with van der Waals surface area (Å²) in [5.74, 6) is 0.797. The summed E-state index contributed by atoms with van der Waals surface area (Å²) >= 11 is 0. The maximum absolute atomic E-state index is 11.8. The predicted octanol–water partition coefficient (Wildman–Crippen LogP) is 0.912. The molecule has 5 heteroatoms. The Hall–Kier alpha value is -1.36. The summed E-state index contributed by atoms with van der Waals surface area (Å²) in [5, 5.41) is 3.91. The highest BCUT2D eigenvalue weighted by Gasteiger charge is 2.34. The van der Waals surface area contributed by atoms with Crippen LogP contribution in [-0.2, 0) is 4.79 Å². The van der Waals surface area contributed by atoms with Crippen molar-refractivity contribution in [1.82, 2.24) is 10.1 Å². The molecule has 1 aromatic heterocycles. The average molecular weight is 223 g/mol. The standard InChI is InChI=1S/C11H17N3O2/c1-6-10(8(3)16-13-6)7(2)14-5-4-9(12)11(14)15/h7,9H,4-5,12H2,1-3H3. The Bertz CT molecular complexity index is 394. The fraction of sp³-hybridized carbons (Fsp3) is 0.636. The van der Waals surface area contributed by atoms with Crippen molar-refractivity contribution in [3.05, 3.63) is 17.0 Å². The summed E-state index contributed by atoms with van der Waals surface area (Å²) < 4.78 is 5.12. The molecular weight excluding hydrogens is 206 g/mol. The van der Waals surface area contributed by atoms with Gasteiger partial charge in [0, 0.05) is 12.1 Å².